The minimum absolute atomic E-state index is 0.162. The maximum Gasteiger partial charge on any atom is 0.128 e. The van der Waals surface area contributed by atoms with Crippen molar-refractivity contribution in [3.8, 4) is 0 Å². The molecule has 0 spiro atoms. The first-order chi connectivity index (χ1) is 9.19. The molecule has 0 aliphatic heterocycles. The molecule has 2 nitrogen and oxygen atoms in total. The van der Waals surface area contributed by atoms with Crippen molar-refractivity contribution in [1.29, 1.82) is 0 Å². The largest absolute Gasteiger partial charge is 0.271 e. The van der Waals surface area contributed by atoms with E-state index < -0.39 is 0 Å². The van der Waals surface area contributed by atoms with Crippen LogP contribution in [0.3, 0.4) is 0 Å². The summed E-state index contributed by atoms with van der Waals surface area (Å²) < 4.78 is 13.7. The van der Waals surface area contributed by atoms with Gasteiger partial charge in [-0.2, -0.15) is 0 Å². The van der Waals surface area contributed by atoms with E-state index in [0.717, 1.165) is 12.8 Å². The summed E-state index contributed by atoms with van der Waals surface area (Å²) in [5.74, 6) is 5.27. The second kappa shape index (κ2) is 9.29. The summed E-state index contributed by atoms with van der Waals surface area (Å²) in [5.41, 5.74) is 3.25. The fourth-order valence-corrected chi connectivity index (χ4v) is 2.42. The zero-order chi connectivity index (χ0) is 14.1. The molecule has 0 bridgehead atoms. The van der Waals surface area contributed by atoms with Gasteiger partial charge in [0.1, 0.15) is 5.82 Å². The van der Waals surface area contributed by atoms with Crippen molar-refractivity contribution in [2.45, 2.75) is 57.9 Å². The van der Waals surface area contributed by atoms with E-state index in [4.69, 9.17) is 17.4 Å². The summed E-state index contributed by atoms with van der Waals surface area (Å²) in [4.78, 5) is 0. The van der Waals surface area contributed by atoms with E-state index in [9.17, 15) is 4.39 Å². The standard InChI is InChI=1S/C15H24ClFN2/c1-2-3-4-5-6-7-8-15(19-18)13-11-12(16)9-10-14(13)17/h9-11,15,19H,2-8,18H2,1H3. The van der Waals surface area contributed by atoms with E-state index in [0.29, 0.717) is 10.6 Å². The minimum Gasteiger partial charge on any atom is -0.271 e. The van der Waals surface area contributed by atoms with Gasteiger partial charge in [-0.1, -0.05) is 57.0 Å². The Kier molecular flexibility index (Phi) is 8.03. The summed E-state index contributed by atoms with van der Waals surface area (Å²) in [5, 5.41) is 0.541. The highest BCUT2D eigenvalue weighted by Gasteiger charge is 2.14. The first-order valence-electron chi connectivity index (χ1n) is 7.10. The fourth-order valence-electron chi connectivity index (χ4n) is 2.24. The van der Waals surface area contributed by atoms with Crippen molar-refractivity contribution >= 4 is 11.6 Å². The summed E-state index contributed by atoms with van der Waals surface area (Å²) >= 11 is 5.90. The monoisotopic (exact) mass is 286 g/mol. The van der Waals surface area contributed by atoms with Gasteiger partial charge in [0.05, 0.1) is 0 Å². The Morgan fingerprint density at radius 2 is 1.89 bits per heavy atom. The van der Waals surface area contributed by atoms with Crippen LogP contribution in [0.1, 0.15) is 63.5 Å². The van der Waals surface area contributed by atoms with E-state index in [2.05, 4.69) is 12.3 Å². The van der Waals surface area contributed by atoms with Crippen LogP contribution in [0.15, 0.2) is 18.2 Å². The van der Waals surface area contributed by atoms with Crippen molar-refractivity contribution in [3.63, 3.8) is 0 Å². The molecule has 0 saturated carbocycles. The predicted octanol–water partition coefficient (Wildman–Crippen LogP) is 4.73. The SMILES string of the molecule is CCCCCCCCC(NN)c1cc(Cl)ccc1F. The average molecular weight is 287 g/mol. The number of rotatable bonds is 9. The van der Waals surface area contributed by atoms with Crippen molar-refractivity contribution < 1.29 is 4.39 Å². The molecule has 3 N–H and O–H groups in total. The molecule has 1 atom stereocenters. The number of hydrazine groups is 1. The highest BCUT2D eigenvalue weighted by atomic mass is 35.5. The minimum atomic E-state index is -0.252. The van der Waals surface area contributed by atoms with Crippen LogP contribution in [0, 0.1) is 5.82 Å². The molecule has 1 unspecified atom stereocenters. The van der Waals surface area contributed by atoms with Gasteiger partial charge in [-0.25, -0.2) is 4.39 Å². The Labute approximate surface area is 120 Å². The third kappa shape index (κ3) is 5.89. The second-order valence-corrected chi connectivity index (χ2v) is 5.38. The van der Waals surface area contributed by atoms with Gasteiger partial charge in [0.15, 0.2) is 0 Å². The predicted molar refractivity (Wildman–Crippen MR) is 79.5 cm³/mol. The maximum absolute atomic E-state index is 13.7. The second-order valence-electron chi connectivity index (χ2n) is 4.94. The van der Waals surface area contributed by atoms with Crippen LogP contribution in [0.25, 0.3) is 0 Å². The van der Waals surface area contributed by atoms with Gasteiger partial charge >= 0.3 is 0 Å². The number of nitrogens with one attached hydrogen (secondary N) is 1. The van der Waals surface area contributed by atoms with Gasteiger partial charge in [0, 0.05) is 16.6 Å². The molecule has 1 aromatic rings. The number of nitrogens with two attached hydrogens (primary N) is 1. The lowest BCUT2D eigenvalue weighted by molar-refractivity contribution is 0.457. The Bertz CT molecular complexity index is 371. The van der Waals surface area contributed by atoms with Crippen LogP contribution < -0.4 is 11.3 Å². The van der Waals surface area contributed by atoms with Crippen LogP contribution in [0.2, 0.25) is 5.02 Å². The first kappa shape index (κ1) is 16.4. The Morgan fingerprint density at radius 1 is 1.21 bits per heavy atom. The van der Waals surface area contributed by atoms with Gasteiger partial charge in [-0.3, -0.25) is 11.3 Å². The molecule has 108 valence electrons. The molecular weight excluding hydrogens is 263 g/mol. The quantitative estimate of drug-likeness (QED) is 0.391. The lowest BCUT2D eigenvalue weighted by Gasteiger charge is -2.17. The van der Waals surface area contributed by atoms with Gasteiger partial charge in [-0.05, 0) is 24.6 Å². The molecule has 0 aliphatic carbocycles. The molecule has 0 heterocycles. The number of unbranched alkanes of at least 4 members (excludes halogenated alkanes) is 5. The third-order valence-electron chi connectivity index (χ3n) is 3.38. The topological polar surface area (TPSA) is 38.0 Å². The van der Waals surface area contributed by atoms with Crippen molar-refractivity contribution in [2.24, 2.45) is 5.84 Å². The molecule has 0 fully saturated rings. The highest BCUT2D eigenvalue weighted by Crippen LogP contribution is 2.25. The van der Waals surface area contributed by atoms with E-state index >= 15 is 0 Å². The van der Waals surface area contributed by atoms with E-state index in [1.165, 1.54) is 38.2 Å². The first-order valence-corrected chi connectivity index (χ1v) is 7.48. The molecule has 0 radical (unpaired) electrons. The maximum atomic E-state index is 13.7. The molecule has 4 heteroatoms. The highest BCUT2D eigenvalue weighted by molar-refractivity contribution is 6.30. The zero-order valence-corrected chi connectivity index (χ0v) is 12.3. The molecule has 0 aromatic heterocycles. The van der Waals surface area contributed by atoms with Gasteiger partial charge < -0.3 is 0 Å². The van der Waals surface area contributed by atoms with Gasteiger partial charge in [-0.15, -0.1) is 0 Å². The van der Waals surface area contributed by atoms with E-state index in [-0.39, 0.29) is 11.9 Å². The average Bonchev–Trinajstić information content (AvgIpc) is 2.41. The smallest absolute Gasteiger partial charge is 0.128 e. The van der Waals surface area contributed by atoms with Crippen molar-refractivity contribution in [1.82, 2.24) is 5.43 Å². The summed E-state index contributed by atoms with van der Waals surface area (Å²) in [6.07, 6.45) is 8.11. The summed E-state index contributed by atoms with van der Waals surface area (Å²) in [6.45, 7) is 2.20. The lowest BCUT2D eigenvalue weighted by atomic mass is 9.99. The van der Waals surface area contributed by atoms with Crippen LogP contribution in [0.5, 0.6) is 0 Å². The zero-order valence-electron chi connectivity index (χ0n) is 11.6. The Hall–Kier alpha value is -0.640. The fraction of sp³-hybridized carbons (Fsp3) is 0.600. The van der Waals surface area contributed by atoms with Crippen LogP contribution >= 0.6 is 11.6 Å². The van der Waals surface area contributed by atoms with Gasteiger partial charge in [0.25, 0.3) is 0 Å². The normalized spacial score (nSPS) is 12.6. The van der Waals surface area contributed by atoms with Crippen molar-refractivity contribution in [2.75, 3.05) is 0 Å². The molecule has 19 heavy (non-hydrogen) atoms. The molecule has 0 amide bonds. The van der Waals surface area contributed by atoms with Crippen LogP contribution in [0.4, 0.5) is 4.39 Å². The molecule has 0 aliphatic rings. The Morgan fingerprint density at radius 3 is 2.58 bits per heavy atom. The van der Waals surface area contributed by atoms with E-state index in [1.807, 2.05) is 0 Å². The third-order valence-corrected chi connectivity index (χ3v) is 3.62. The molecular formula is C15H24ClFN2. The van der Waals surface area contributed by atoms with Crippen molar-refractivity contribution in [3.05, 3.63) is 34.6 Å². The molecule has 1 rings (SSSR count). The van der Waals surface area contributed by atoms with E-state index in [1.54, 1.807) is 12.1 Å². The number of hydrogen-bond acceptors (Lipinski definition) is 2. The van der Waals surface area contributed by atoms with Gasteiger partial charge in [0.2, 0.25) is 0 Å². The van der Waals surface area contributed by atoms with Crippen LogP contribution in [-0.2, 0) is 0 Å². The molecule has 0 saturated heterocycles. The van der Waals surface area contributed by atoms with Crippen LogP contribution in [-0.4, -0.2) is 0 Å². The Balaban J connectivity index is 2.42. The number of benzene rings is 1. The molecule has 1 aromatic carbocycles. The summed E-state index contributed by atoms with van der Waals surface area (Å²) in [7, 11) is 0. The summed E-state index contributed by atoms with van der Waals surface area (Å²) in [6, 6.07) is 4.44. The lowest BCUT2D eigenvalue weighted by Crippen LogP contribution is -2.28. The number of hydrogen-bond donors (Lipinski definition) is 2. The number of halogens is 2.